The summed E-state index contributed by atoms with van der Waals surface area (Å²) in [5.41, 5.74) is 2.40. The minimum absolute atomic E-state index is 0.0576. The molecule has 0 aromatic heterocycles. The molecule has 0 aliphatic heterocycles. The summed E-state index contributed by atoms with van der Waals surface area (Å²) in [4.78, 5) is 27.8. The molecule has 0 bridgehead atoms. The van der Waals surface area contributed by atoms with Crippen LogP contribution in [0.1, 0.15) is 65.0 Å². The molecule has 0 saturated heterocycles. The molecule has 0 aliphatic carbocycles. The molecule has 2 amide bonds. The Morgan fingerprint density at radius 1 is 1.00 bits per heavy atom. The predicted molar refractivity (Wildman–Crippen MR) is 134 cm³/mol. The zero-order valence-corrected chi connectivity index (χ0v) is 20.9. The van der Waals surface area contributed by atoms with E-state index >= 15 is 0 Å². The standard InChI is InChI=1S/C28H40N2O3/c1-6-8-19-29-27(32)25(7-2)30(20-18-22-12-10-9-11-13-22)26(31)21-33-24-16-14-23(15-17-24)28(3,4)5/h9-17,25H,6-8,18-21H2,1-5H3,(H,29,32). The average Bonchev–Trinajstić information content (AvgIpc) is 2.80. The summed E-state index contributed by atoms with van der Waals surface area (Å²) < 4.78 is 5.82. The van der Waals surface area contributed by atoms with E-state index in [1.54, 1.807) is 4.90 Å². The maximum Gasteiger partial charge on any atom is 0.261 e. The van der Waals surface area contributed by atoms with Gasteiger partial charge in [-0.1, -0.05) is 83.5 Å². The summed E-state index contributed by atoms with van der Waals surface area (Å²) >= 11 is 0. The monoisotopic (exact) mass is 452 g/mol. The zero-order valence-electron chi connectivity index (χ0n) is 20.9. The van der Waals surface area contributed by atoms with E-state index in [4.69, 9.17) is 4.74 Å². The number of unbranched alkanes of at least 4 members (excludes halogenated alkanes) is 1. The van der Waals surface area contributed by atoms with Gasteiger partial charge in [0.25, 0.3) is 5.91 Å². The summed E-state index contributed by atoms with van der Waals surface area (Å²) in [5, 5.41) is 2.99. The van der Waals surface area contributed by atoms with E-state index in [1.807, 2.05) is 61.5 Å². The van der Waals surface area contributed by atoms with Crippen LogP contribution in [0.2, 0.25) is 0 Å². The third-order valence-corrected chi connectivity index (χ3v) is 5.78. The van der Waals surface area contributed by atoms with Crippen LogP contribution in [-0.4, -0.2) is 42.5 Å². The first kappa shape index (κ1) is 26.4. The van der Waals surface area contributed by atoms with Crippen molar-refractivity contribution in [3.63, 3.8) is 0 Å². The van der Waals surface area contributed by atoms with Crippen LogP contribution in [0, 0.1) is 0 Å². The van der Waals surface area contributed by atoms with Crippen molar-refractivity contribution in [1.82, 2.24) is 10.2 Å². The molecule has 0 aliphatic rings. The van der Waals surface area contributed by atoms with Crippen LogP contribution in [0.3, 0.4) is 0 Å². The van der Waals surface area contributed by atoms with Gasteiger partial charge in [-0.25, -0.2) is 0 Å². The topological polar surface area (TPSA) is 58.6 Å². The Morgan fingerprint density at radius 3 is 2.24 bits per heavy atom. The second kappa shape index (κ2) is 13.0. The van der Waals surface area contributed by atoms with Crippen LogP contribution in [0.5, 0.6) is 5.75 Å². The highest BCUT2D eigenvalue weighted by Crippen LogP contribution is 2.24. The number of nitrogens with one attached hydrogen (secondary N) is 1. The minimum atomic E-state index is -0.509. The van der Waals surface area contributed by atoms with Crippen molar-refractivity contribution in [2.75, 3.05) is 19.7 Å². The van der Waals surface area contributed by atoms with Crippen molar-refractivity contribution in [2.45, 2.75) is 71.8 Å². The quantitative estimate of drug-likeness (QED) is 0.454. The Labute approximate surface area is 199 Å². The molecular weight excluding hydrogens is 412 g/mol. The second-order valence-corrected chi connectivity index (χ2v) is 9.45. The van der Waals surface area contributed by atoms with Gasteiger partial charge in [0.1, 0.15) is 11.8 Å². The molecule has 0 fully saturated rings. The van der Waals surface area contributed by atoms with Crippen molar-refractivity contribution in [1.29, 1.82) is 0 Å². The highest BCUT2D eigenvalue weighted by atomic mass is 16.5. The fourth-order valence-corrected chi connectivity index (χ4v) is 3.68. The van der Waals surface area contributed by atoms with Crippen LogP contribution in [0.4, 0.5) is 0 Å². The van der Waals surface area contributed by atoms with Gasteiger partial charge < -0.3 is 15.0 Å². The summed E-state index contributed by atoms with van der Waals surface area (Å²) in [5.74, 6) is 0.380. The average molecular weight is 453 g/mol. The molecule has 2 aromatic rings. The highest BCUT2D eigenvalue weighted by Gasteiger charge is 2.28. The number of carbonyl (C=O) groups excluding carboxylic acids is 2. The molecule has 2 rings (SSSR count). The third-order valence-electron chi connectivity index (χ3n) is 5.78. The maximum atomic E-state index is 13.2. The smallest absolute Gasteiger partial charge is 0.261 e. The Bertz CT molecular complexity index is 857. The minimum Gasteiger partial charge on any atom is -0.484 e. The Hall–Kier alpha value is -2.82. The second-order valence-electron chi connectivity index (χ2n) is 9.45. The first-order valence-corrected chi connectivity index (χ1v) is 12.1. The number of hydrogen-bond acceptors (Lipinski definition) is 3. The molecule has 180 valence electrons. The summed E-state index contributed by atoms with van der Waals surface area (Å²) in [6.07, 6.45) is 3.17. The molecule has 0 spiro atoms. The van der Waals surface area contributed by atoms with Crippen molar-refractivity contribution in [3.05, 3.63) is 65.7 Å². The largest absolute Gasteiger partial charge is 0.484 e. The van der Waals surface area contributed by atoms with Gasteiger partial charge in [-0.15, -0.1) is 0 Å². The highest BCUT2D eigenvalue weighted by molar-refractivity contribution is 5.88. The van der Waals surface area contributed by atoms with E-state index in [-0.39, 0.29) is 23.8 Å². The number of benzene rings is 2. The first-order chi connectivity index (χ1) is 15.8. The number of amides is 2. The molecule has 33 heavy (non-hydrogen) atoms. The zero-order chi connectivity index (χ0) is 24.3. The van der Waals surface area contributed by atoms with Crippen molar-refractivity contribution in [2.24, 2.45) is 0 Å². The molecule has 0 radical (unpaired) electrons. The molecule has 0 saturated carbocycles. The Kier molecular flexibility index (Phi) is 10.4. The maximum absolute atomic E-state index is 13.2. The van der Waals surface area contributed by atoms with Crippen LogP contribution >= 0.6 is 0 Å². The number of ether oxygens (including phenoxy) is 1. The molecule has 5 heteroatoms. The summed E-state index contributed by atoms with van der Waals surface area (Å²) in [7, 11) is 0. The molecular formula is C28H40N2O3. The number of nitrogens with zero attached hydrogens (tertiary/aromatic N) is 1. The fourth-order valence-electron chi connectivity index (χ4n) is 3.68. The lowest BCUT2D eigenvalue weighted by Gasteiger charge is -2.30. The van der Waals surface area contributed by atoms with E-state index in [2.05, 4.69) is 33.0 Å². The van der Waals surface area contributed by atoms with E-state index in [1.165, 1.54) is 5.56 Å². The van der Waals surface area contributed by atoms with E-state index in [0.717, 1.165) is 18.4 Å². The number of rotatable bonds is 12. The summed E-state index contributed by atoms with van der Waals surface area (Å²) in [6, 6.07) is 17.4. The van der Waals surface area contributed by atoms with Gasteiger partial charge in [-0.3, -0.25) is 9.59 Å². The lowest BCUT2D eigenvalue weighted by molar-refractivity contribution is -0.142. The van der Waals surface area contributed by atoms with Gasteiger partial charge in [-0.05, 0) is 47.9 Å². The fraction of sp³-hybridized carbons (Fsp3) is 0.500. The predicted octanol–water partition coefficient (Wildman–Crippen LogP) is 5.13. The molecule has 0 heterocycles. The van der Waals surface area contributed by atoms with Crippen molar-refractivity contribution in [3.8, 4) is 5.75 Å². The Balaban J connectivity index is 2.09. The van der Waals surface area contributed by atoms with Gasteiger partial charge >= 0.3 is 0 Å². The van der Waals surface area contributed by atoms with E-state index in [9.17, 15) is 9.59 Å². The lowest BCUT2D eigenvalue weighted by atomic mass is 9.87. The van der Waals surface area contributed by atoms with Gasteiger partial charge in [0.15, 0.2) is 6.61 Å². The van der Waals surface area contributed by atoms with E-state index in [0.29, 0.717) is 31.7 Å². The van der Waals surface area contributed by atoms with Gasteiger partial charge in [0, 0.05) is 13.1 Å². The molecule has 2 aromatic carbocycles. The van der Waals surface area contributed by atoms with Gasteiger partial charge in [0.05, 0.1) is 0 Å². The van der Waals surface area contributed by atoms with Crippen LogP contribution < -0.4 is 10.1 Å². The molecule has 5 nitrogen and oxygen atoms in total. The van der Waals surface area contributed by atoms with Crippen LogP contribution in [0.25, 0.3) is 0 Å². The normalized spacial score (nSPS) is 12.2. The lowest BCUT2D eigenvalue weighted by Crippen LogP contribution is -2.51. The van der Waals surface area contributed by atoms with Gasteiger partial charge in [0.2, 0.25) is 5.91 Å². The first-order valence-electron chi connectivity index (χ1n) is 12.1. The van der Waals surface area contributed by atoms with Crippen molar-refractivity contribution < 1.29 is 14.3 Å². The Morgan fingerprint density at radius 2 is 1.67 bits per heavy atom. The van der Waals surface area contributed by atoms with E-state index < -0.39 is 6.04 Å². The van der Waals surface area contributed by atoms with Crippen molar-refractivity contribution >= 4 is 11.8 Å². The molecule has 1 atom stereocenters. The van der Waals surface area contributed by atoms with Crippen LogP contribution in [-0.2, 0) is 21.4 Å². The van der Waals surface area contributed by atoms with Gasteiger partial charge in [-0.2, -0.15) is 0 Å². The van der Waals surface area contributed by atoms with Crippen LogP contribution in [0.15, 0.2) is 54.6 Å². The number of hydrogen-bond donors (Lipinski definition) is 1. The molecule has 1 N–H and O–H groups in total. The third kappa shape index (κ3) is 8.56. The number of carbonyl (C=O) groups is 2. The SMILES string of the molecule is CCCCNC(=O)C(CC)N(CCc1ccccc1)C(=O)COc1ccc(C(C)(C)C)cc1. The summed E-state index contributed by atoms with van der Waals surface area (Å²) in [6.45, 7) is 11.5. The molecule has 1 unspecified atom stereocenters.